The van der Waals surface area contributed by atoms with Crippen molar-refractivity contribution in [2.24, 2.45) is 0 Å². The van der Waals surface area contributed by atoms with E-state index in [1.165, 1.54) is 0 Å². The number of anilines is 1. The molecule has 1 aliphatic rings. The van der Waals surface area contributed by atoms with Gasteiger partial charge in [0.15, 0.2) is 5.01 Å². The molecule has 34 heavy (non-hydrogen) atoms. The first-order valence-electron chi connectivity index (χ1n) is 10.9. The number of hydrogen-bond acceptors (Lipinski definition) is 8. The molecule has 1 fully saturated rings. The van der Waals surface area contributed by atoms with E-state index in [1.807, 2.05) is 29.9 Å². The summed E-state index contributed by atoms with van der Waals surface area (Å²) < 4.78 is 1.86. The molecule has 4 heterocycles. The van der Waals surface area contributed by atoms with Crippen molar-refractivity contribution >= 4 is 34.2 Å². The average Bonchev–Trinajstić information content (AvgIpc) is 3.51. The molecule has 1 aliphatic carbocycles. The lowest BCUT2D eigenvalue weighted by Gasteiger charge is -2.26. The number of pyridine rings is 2. The van der Waals surface area contributed by atoms with Crippen LogP contribution in [0.1, 0.15) is 42.2 Å². The van der Waals surface area contributed by atoms with E-state index in [2.05, 4.69) is 36.9 Å². The third-order valence-corrected chi connectivity index (χ3v) is 7.31. The molecule has 0 bridgehead atoms. The van der Waals surface area contributed by atoms with Gasteiger partial charge in [0.25, 0.3) is 0 Å². The number of nitriles is 1. The van der Waals surface area contributed by atoms with Crippen LogP contribution in [0.5, 0.6) is 0 Å². The largest absolute Gasteiger partial charge is 0.465 e. The molecule has 0 radical (unpaired) electrons. The number of fused-ring (bicyclic) bond motifs is 1. The van der Waals surface area contributed by atoms with Gasteiger partial charge in [-0.3, -0.25) is 4.57 Å². The summed E-state index contributed by atoms with van der Waals surface area (Å²) in [5, 5.41) is 35.5. The molecule has 0 unspecified atom stereocenters. The normalized spacial score (nSPS) is 17.9. The highest BCUT2D eigenvalue weighted by molar-refractivity contribution is 7.14. The van der Waals surface area contributed by atoms with E-state index in [0.29, 0.717) is 17.0 Å². The molecule has 0 atom stereocenters. The van der Waals surface area contributed by atoms with Crippen molar-refractivity contribution < 1.29 is 9.90 Å². The third-order valence-electron chi connectivity index (χ3n) is 6.19. The standard InChI is InChI=1S/C23H22N8O2S/c1-25-18-10-19(31-9-7-16-14(11-24)6-8-26-20(16)31)27-12-17(18)22-30-29-21(34-22)13-2-4-15(5-3-13)28-23(32)33/h6-10,12-13,15,28H,2-5H2,1H3,(H,25,27)(H,32,33)/t13-,15-. The van der Waals surface area contributed by atoms with Gasteiger partial charge >= 0.3 is 6.09 Å². The minimum Gasteiger partial charge on any atom is -0.465 e. The van der Waals surface area contributed by atoms with Gasteiger partial charge in [-0.05, 0) is 37.8 Å². The second-order valence-electron chi connectivity index (χ2n) is 8.17. The summed E-state index contributed by atoms with van der Waals surface area (Å²) in [6.45, 7) is 0. The fourth-order valence-electron chi connectivity index (χ4n) is 4.44. The van der Waals surface area contributed by atoms with Gasteiger partial charge in [0.05, 0.1) is 17.2 Å². The van der Waals surface area contributed by atoms with Crippen LogP contribution in [0.25, 0.3) is 27.4 Å². The minimum absolute atomic E-state index is 0.0114. The molecule has 5 rings (SSSR count). The van der Waals surface area contributed by atoms with Crippen molar-refractivity contribution in [3.8, 4) is 22.5 Å². The van der Waals surface area contributed by atoms with E-state index >= 15 is 0 Å². The zero-order valence-corrected chi connectivity index (χ0v) is 19.2. The van der Waals surface area contributed by atoms with Gasteiger partial charge in [0.2, 0.25) is 0 Å². The molecule has 172 valence electrons. The molecule has 4 aromatic heterocycles. The molecular weight excluding hydrogens is 452 g/mol. The number of amides is 1. The van der Waals surface area contributed by atoms with E-state index in [4.69, 9.17) is 5.11 Å². The van der Waals surface area contributed by atoms with Crippen molar-refractivity contribution in [3.63, 3.8) is 0 Å². The Hall–Kier alpha value is -4.04. The van der Waals surface area contributed by atoms with E-state index in [9.17, 15) is 10.1 Å². The van der Waals surface area contributed by atoms with Crippen molar-refractivity contribution in [1.82, 2.24) is 30.0 Å². The first-order chi connectivity index (χ1) is 16.6. The Labute approximate surface area is 199 Å². The van der Waals surface area contributed by atoms with E-state index in [0.717, 1.165) is 52.3 Å². The molecule has 0 saturated heterocycles. The highest BCUT2D eigenvalue weighted by atomic mass is 32.1. The maximum Gasteiger partial charge on any atom is 0.404 e. The third kappa shape index (κ3) is 4.04. The SMILES string of the molecule is CNc1cc(-n2ccc3c(C#N)ccnc32)ncc1-c1nnc([C@H]2CC[C@H](NC(=O)O)CC2)s1. The number of nitrogens with zero attached hydrogens (tertiary/aromatic N) is 6. The lowest BCUT2D eigenvalue weighted by Crippen LogP contribution is -2.36. The Morgan fingerprint density at radius 1 is 1.24 bits per heavy atom. The molecule has 4 aromatic rings. The van der Waals surface area contributed by atoms with Gasteiger partial charge in [-0.25, -0.2) is 14.8 Å². The lowest BCUT2D eigenvalue weighted by atomic mass is 9.86. The van der Waals surface area contributed by atoms with Gasteiger partial charge in [-0.2, -0.15) is 5.26 Å². The van der Waals surface area contributed by atoms with Crippen molar-refractivity contribution in [3.05, 3.63) is 47.4 Å². The fourth-order valence-corrected chi connectivity index (χ4v) is 5.48. The number of aromatic nitrogens is 5. The number of hydrogen-bond donors (Lipinski definition) is 3. The predicted molar refractivity (Wildman–Crippen MR) is 128 cm³/mol. The van der Waals surface area contributed by atoms with Crippen molar-refractivity contribution in [2.45, 2.75) is 37.6 Å². The van der Waals surface area contributed by atoms with Crippen LogP contribution in [-0.4, -0.2) is 49.0 Å². The Morgan fingerprint density at radius 3 is 2.79 bits per heavy atom. The zero-order valence-electron chi connectivity index (χ0n) is 18.4. The summed E-state index contributed by atoms with van der Waals surface area (Å²) in [7, 11) is 1.85. The van der Waals surface area contributed by atoms with Gasteiger partial charge in [0, 0.05) is 54.7 Å². The molecule has 0 aliphatic heterocycles. The topological polar surface area (TPSA) is 142 Å². The van der Waals surface area contributed by atoms with Crippen LogP contribution in [0.3, 0.4) is 0 Å². The molecule has 1 amide bonds. The second kappa shape index (κ2) is 9.07. The van der Waals surface area contributed by atoms with Crippen LogP contribution in [0.2, 0.25) is 0 Å². The van der Waals surface area contributed by atoms with Crippen LogP contribution < -0.4 is 10.6 Å². The van der Waals surface area contributed by atoms with Gasteiger partial charge < -0.3 is 15.7 Å². The lowest BCUT2D eigenvalue weighted by molar-refractivity contribution is 0.185. The van der Waals surface area contributed by atoms with E-state index in [1.54, 1.807) is 29.8 Å². The van der Waals surface area contributed by atoms with E-state index < -0.39 is 6.09 Å². The monoisotopic (exact) mass is 474 g/mol. The maximum absolute atomic E-state index is 10.9. The second-order valence-corrected chi connectivity index (χ2v) is 9.18. The Morgan fingerprint density at radius 2 is 2.06 bits per heavy atom. The summed E-state index contributed by atoms with van der Waals surface area (Å²) in [6.07, 6.45) is 7.66. The summed E-state index contributed by atoms with van der Waals surface area (Å²) >= 11 is 1.55. The maximum atomic E-state index is 10.9. The zero-order chi connectivity index (χ0) is 23.7. The van der Waals surface area contributed by atoms with Crippen LogP contribution in [0.4, 0.5) is 10.5 Å². The first kappa shape index (κ1) is 21.8. The molecule has 0 aromatic carbocycles. The van der Waals surface area contributed by atoms with Crippen molar-refractivity contribution in [1.29, 1.82) is 5.26 Å². The van der Waals surface area contributed by atoms with Crippen LogP contribution in [0, 0.1) is 11.3 Å². The Balaban J connectivity index is 1.40. The minimum atomic E-state index is -0.966. The van der Waals surface area contributed by atoms with Crippen LogP contribution in [-0.2, 0) is 0 Å². The molecule has 1 saturated carbocycles. The van der Waals surface area contributed by atoms with Gasteiger partial charge in [-0.1, -0.05) is 11.3 Å². The number of rotatable bonds is 5. The Bertz CT molecular complexity index is 1400. The summed E-state index contributed by atoms with van der Waals surface area (Å²) in [5.41, 5.74) is 2.97. The van der Waals surface area contributed by atoms with E-state index in [-0.39, 0.29) is 12.0 Å². The number of carbonyl (C=O) groups is 1. The number of carboxylic acid groups (broad SMARTS) is 1. The molecule has 3 N–H and O–H groups in total. The van der Waals surface area contributed by atoms with Crippen LogP contribution >= 0.6 is 11.3 Å². The fraction of sp³-hybridized carbons (Fsp3) is 0.304. The molecule has 0 spiro atoms. The predicted octanol–water partition coefficient (Wildman–Crippen LogP) is 4.15. The highest BCUT2D eigenvalue weighted by Crippen LogP contribution is 2.38. The summed E-state index contributed by atoms with van der Waals surface area (Å²) in [4.78, 5) is 19.9. The van der Waals surface area contributed by atoms with Gasteiger partial charge in [0.1, 0.15) is 16.5 Å². The first-order valence-corrected chi connectivity index (χ1v) is 11.8. The smallest absolute Gasteiger partial charge is 0.404 e. The molecule has 10 nitrogen and oxygen atoms in total. The highest BCUT2D eigenvalue weighted by Gasteiger charge is 2.26. The van der Waals surface area contributed by atoms with Crippen LogP contribution in [0.15, 0.2) is 36.8 Å². The molecule has 11 heteroatoms. The summed E-state index contributed by atoms with van der Waals surface area (Å²) in [5.74, 6) is 0.967. The average molecular weight is 475 g/mol. The molecular formula is C23H22N8O2S. The van der Waals surface area contributed by atoms with Gasteiger partial charge in [-0.15, -0.1) is 10.2 Å². The quantitative estimate of drug-likeness (QED) is 0.392. The van der Waals surface area contributed by atoms with Crippen molar-refractivity contribution in [2.75, 3.05) is 12.4 Å². The Kier molecular flexibility index (Phi) is 5.81. The summed E-state index contributed by atoms with van der Waals surface area (Å²) in [6, 6.07) is 7.71. The number of nitrogens with one attached hydrogen (secondary N) is 2.